The van der Waals surface area contributed by atoms with E-state index in [1.165, 1.54) is 0 Å². The maximum Gasteiger partial charge on any atom is 0.379 e. The first-order chi connectivity index (χ1) is 11.6. The third kappa shape index (κ3) is 4.86. The molecule has 1 unspecified atom stereocenters. The number of carbonyl (C=O) groups is 3. The fourth-order valence-electron chi connectivity index (χ4n) is 2.54. The van der Waals surface area contributed by atoms with Gasteiger partial charge in [0.2, 0.25) is 0 Å². The standard InChI is InChI=1S/C14H23NO10/c1-6(17)23-9(5-16)11(20)12-10(15)8(19)4-14(25-12,13(21)22-3)24-7(2)18/h8-12,16,19-20H,4-5,15H2,1-3H3/t8-,9-,10-,11-,12?,14+/m1/s1. The third-order valence-electron chi connectivity index (χ3n) is 3.65. The Labute approximate surface area is 143 Å². The van der Waals surface area contributed by atoms with Crippen molar-refractivity contribution in [3.63, 3.8) is 0 Å². The fraction of sp³-hybridized carbons (Fsp3) is 0.786. The zero-order chi connectivity index (χ0) is 19.4. The lowest BCUT2D eigenvalue weighted by molar-refractivity contribution is -0.300. The molecule has 5 N–H and O–H groups in total. The van der Waals surface area contributed by atoms with E-state index in [0.29, 0.717) is 0 Å². The van der Waals surface area contributed by atoms with Crippen LogP contribution in [0.3, 0.4) is 0 Å². The van der Waals surface area contributed by atoms with Crippen molar-refractivity contribution in [3.05, 3.63) is 0 Å². The highest BCUT2D eigenvalue weighted by atomic mass is 16.8. The van der Waals surface area contributed by atoms with Crippen molar-refractivity contribution in [2.24, 2.45) is 5.73 Å². The van der Waals surface area contributed by atoms with Crippen LogP contribution in [0.5, 0.6) is 0 Å². The largest absolute Gasteiger partial charge is 0.464 e. The van der Waals surface area contributed by atoms with Crippen LogP contribution in [0.25, 0.3) is 0 Å². The zero-order valence-electron chi connectivity index (χ0n) is 14.1. The molecule has 0 aliphatic carbocycles. The van der Waals surface area contributed by atoms with E-state index in [0.717, 1.165) is 21.0 Å². The molecule has 0 aromatic rings. The summed E-state index contributed by atoms with van der Waals surface area (Å²) in [7, 11) is 1.01. The Morgan fingerprint density at radius 3 is 2.36 bits per heavy atom. The van der Waals surface area contributed by atoms with Crippen molar-refractivity contribution >= 4 is 17.9 Å². The summed E-state index contributed by atoms with van der Waals surface area (Å²) in [6.07, 6.45) is -6.63. The first-order valence-electron chi connectivity index (χ1n) is 7.43. The Hall–Kier alpha value is -1.79. The van der Waals surface area contributed by atoms with Crippen LogP contribution in [-0.2, 0) is 33.3 Å². The van der Waals surface area contributed by atoms with Crippen molar-refractivity contribution in [1.29, 1.82) is 0 Å². The highest BCUT2D eigenvalue weighted by Gasteiger charge is 2.56. The molecule has 0 saturated carbocycles. The highest BCUT2D eigenvalue weighted by Crippen LogP contribution is 2.33. The molecule has 0 bridgehead atoms. The third-order valence-corrected chi connectivity index (χ3v) is 3.65. The topological polar surface area (TPSA) is 175 Å². The normalized spacial score (nSPS) is 31.6. The molecule has 6 atom stereocenters. The van der Waals surface area contributed by atoms with E-state index in [-0.39, 0.29) is 0 Å². The molecule has 0 aromatic carbocycles. The summed E-state index contributed by atoms with van der Waals surface area (Å²) < 4.78 is 19.6. The molecule has 0 aromatic heterocycles. The molecule has 11 heteroatoms. The van der Waals surface area contributed by atoms with Gasteiger partial charge in [0.1, 0.15) is 12.2 Å². The summed E-state index contributed by atoms with van der Waals surface area (Å²) in [5.74, 6) is -5.15. The smallest absolute Gasteiger partial charge is 0.379 e. The molecule has 25 heavy (non-hydrogen) atoms. The second-order valence-corrected chi connectivity index (χ2v) is 5.59. The number of rotatable bonds is 6. The van der Waals surface area contributed by atoms with Crippen LogP contribution < -0.4 is 5.73 Å². The van der Waals surface area contributed by atoms with Gasteiger partial charge in [0, 0.05) is 13.8 Å². The van der Waals surface area contributed by atoms with Crippen molar-refractivity contribution in [3.8, 4) is 0 Å². The minimum atomic E-state index is -2.34. The van der Waals surface area contributed by atoms with Crippen molar-refractivity contribution < 1.29 is 48.7 Å². The molecule has 11 nitrogen and oxygen atoms in total. The number of aliphatic hydroxyl groups is 3. The van der Waals surface area contributed by atoms with Gasteiger partial charge in [0.15, 0.2) is 6.10 Å². The second-order valence-electron chi connectivity index (χ2n) is 5.59. The van der Waals surface area contributed by atoms with Crippen LogP contribution in [0.15, 0.2) is 0 Å². The number of carbonyl (C=O) groups excluding carboxylic acids is 3. The predicted molar refractivity (Wildman–Crippen MR) is 78.6 cm³/mol. The summed E-state index contributed by atoms with van der Waals surface area (Å²) in [6.45, 7) is 1.29. The van der Waals surface area contributed by atoms with Crippen molar-refractivity contribution in [2.45, 2.75) is 56.5 Å². The average Bonchev–Trinajstić information content (AvgIpc) is 2.53. The maximum absolute atomic E-state index is 12.1. The van der Waals surface area contributed by atoms with Gasteiger partial charge < -0.3 is 40.0 Å². The average molecular weight is 365 g/mol. The van der Waals surface area contributed by atoms with Crippen LogP contribution in [-0.4, -0.2) is 83.2 Å². The minimum Gasteiger partial charge on any atom is -0.464 e. The van der Waals surface area contributed by atoms with E-state index in [2.05, 4.69) is 4.74 Å². The van der Waals surface area contributed by atoms with E-state index in [1.54, 1.807) is 0 Å². The molecule has 1 aliphatic rings. The maximum atomic E-state index is 12.1. The predicted octanol–water partition coefficient (Wildman–Crippen LogP) is -2.82. The number of aliphatic hydroxyl groups excluding tert-OH is 3. The zero-order valence-corrected chi connectivity index (χ0v) is 14.1. The number of ether oxygens (including phenoxy) is 4. The van der Waals surface area contributed by atoms with Gasteiger partial charge in [0.05, 0.1) is 32.3 Å². The summed E-state index contributed by atoms with van der Waals surface area (Å²) >= 11 is 0. The van der Waals surface area contributed by atoms with Gasteiger partial charge in [-0.2, -0.15) is 0 Å². The van der Waals surface area contributed by atoms with Gasteiger partial charge in [-0.15, -0.1) is 0 Å². The molecule has 144 valence electrons. The SMILES string of the molecule is COC(=O)[C@]1(OC(C)=O)C[C@@H](O)[C@@H](N)C([C@H](O)[C@@H](CO)OC(C)=O)O1. The van der Waals surface area contributed by atoms with Gasteiger partial charge in [-0.1, -0.05) is 0 Å². The fourth-order valence-corrected chi connectivity index (χ4v) is 2.54. The molecule has 0 radical (unpaired) electrons. The van der Waals surface area contributed by atoms with E-state index in [1.807, 2.05) is 0 Å². The lowest BCUT2D eigenvalue weighted by Crippen LogP contribution is -2.67. The molecule has 1 rings (SSSR count). The van der Waals surface area contributed by atoms with Gasteiger partial charge in [0.25, 0.3) is 0 Å². The Morgan fingerprint density at radius 2 is 1.92 bits per heavy atom. The second kappa shape index (κ2) is 8.54. The van der Waals surface area contributed by atoms with Crippen LogP contribution >= 0.6 is 0 Å². The van der Waals surface area contributed by atoms with E-state index in [9.17, 15) is 29.7 Å². The summed E-state index contributed by atoms with van der Waals surface area (Å²) in [4.78, 5) is 34.5. The first kappa shape index (κ1) is 21.3. The summed E-state index contributed by atoms with van der Waals surface area (Å²) in [6, 6.07) is -1.23. The van der Waals surface area contributed by atoms with Crippen LogP contribution in [0.1, 0.15) is 20.3 Å². The summed E-state index contributed by atoms with van der Waals surface area (Å²) in [5.41, 5.74) is 5.79. The number of methoxy groups -OCH3 is 1. The van der Waals surface area contributed by atoms with Crippen LogP contribution in [0, 0.1) is 0 Å². The molecule has 1 fully saturated rings. The molecule has 1 heterocycles. The Kier molecular flexibility index (Phi) is 7.26. The Balaban J connectivity index is 3.17. The highest BCUT2D eigenvalue weighted by molar-refractivity contribution is 5.81. The molecule has 0 spiro atoms. The number of hydrogen-bond donors (Lipinski definition) is 4. The van der Waals surface area contributed by atoms with Crippen molar-refractivity contribution in [1.82, 2.24) is 0 Å². The van der Waals surface area contributed by atoms with E-state index in [4.69, 9.17) is 19.9 Å². The minimum absolute atomic E-state index is 0.527. The Morgan fingerprint density at radius 1 is 1.32 bits per heavy atom. The van der Waals surface area contributed by atoms with Crippen molar-refractivity contribution in [2.75, 3.05) is 13.7 Å². The van der Waals surface area contributed by atoms with Gasteiger partial charge in [-0.3, -0.25) is 9.59 Å². The molecule has 1 saturated heterocycles. The summed E-state index contributed by atoms with van der Waals surface area (Å²) in [5, 5.41) is 29.8. The first-order valence-corrected chi connectivity index (χ1v) is 7.43. The molecular formula is C14H23NO10. The molecule has 0 amide bonds. The molecule has 1 aliphatic heterocycles. The Bertz CT molecular complexity index is 512. The van der Waals surface area contributed by atoms with E-state index < -0.39 is 67.2 Å². The monoisotopic (exact) mass is 365 g/mol. The number of nitrogens with two attached hydrogens (primary N) is 1. The number of hydrogen-bond acceptors (Lipinski definition) is 11. The lowest BCUT2D eigenvalue weighted by Gasteiger charge is -2.45. The quantitative estimate of drug-likeness (QED) is 0.282. The number of esters is 3. The van der Waals surface area contributed by atoms with Crippen LogP contribution in [0.2, 0.25) is 0 Å². The van der Waals surface area contributed by atoms with Gasteiger partial charge >= 0.3 is 23.7 Å². The van der Waals surface area contributed by atoms with E-state index >= 15 is 0 Å². The lowest BCUT2D eigenvalue weighted by atomic mass is 9.89. The molecular weight excluding hydrogens is 342 g/mol. The van der Waals surface area contributed by atoms with Gasteiger partial charge in [-0.25, -0.2) is 4.79 Å². The van der Waals surface area contributed by atoms with Gasteiger partial charge in [-0.05, 0) is 0 Å². The van der Waals surface area contributed by atoms with Crippen LogP contribution in [0.4, 0.5) is 0 Å².